The van der Waals surface area contributed by atoms with Crippen molar-refractivity contribution in [2.24, 2.45) is 11.7 Å². The lowest BCUT2D eigenvalue weighted by Crippen LogP contribution is -2.40. The molecule has 11 nitrogen and oxygen atoms in total. The number of imidazole rings is 1. The van der Waals surface area contributed by atoms with Gasteiger partial charge in [0.2, 0.25) is 0 Å². The van der Waals surface area contributed by atoms with Crippen LogP contribution in [0.4, 0.5) is 0 Å². The van der Waals surface area contributed by atoms with Gasteiger partial charge in [0.25, 0.3) is 11.8 Å². The van der Waals surface area contributed by atoms with Crippen molar-refractivity contribution in [1.29, 1.82) is 0 Å². The highest BCUT2D eigenvalue weighted by atomic mass is 16.5. The summed E-state index contributed by atoms with van der Waals surface area (Å²) >= 11 is 0. The highest BCUT2D eigenvalue weighted by Gasteiger charge is 2.47. The lowest BCUT2D eigenvalue weighted by Gasteiger charge is -2.23. The molecule has 1 aliphatic carbocycles. The first-order chi connectivity index (χ1) is 22.3. The largest absolute Gasteiger partial charge is 0.482 e. The summed E-state index contributed by atoms with van der Waals surface area (Å²) in [6.45, 7) is 4.81. The third-order valence-corrected chi connectivity index (χ3v) is 10.1. The number of nitrogens with two attached hydrogens (primary N) is 1. The predicted octanol–water partition coefficient (Wildman–Crippen LogP) is 4.67. The molecule has 0 spiro atoms. The van der Waals surface area contributed by atoms with Crippen molar-refractivity contribution in [3.8, 4) is 17.3 Å². The molecule has 4 atom stereocenters. The SMILES string of the molecule is COc1cc(C(=O)N2[C@H]3CC[C@@H]2[C@H](N)C3)cc2nc(-c3cc4ccc([C@@H](C)NC(=O)c5cccnc5)nc4n3CC3CC3)c(C)n12. The molecule has 3 N–H and O–H groups in total. The molecule has 2 bridgehead atoms. The van der Waals surface area contributed by atoms with Crippen molar-refractivity contribution in [3.63, 3.8) is 0 Å². The number of pyridine rings is 3. The third kappa shape index (κ3) is 4.72. The van der Waals surface area contributed by atoms with E-state index >= 15 is 0 Å². The fourth-order valence-electron chi connectivity index (χ4n) is 7.47. The first-order valence-electron chi connectivity index (χ1n) is 16.2. The predicted molar refractivity (Wildman–Crippen MR) is 174 cm³/mol. The number of rotatable bonds is 8. The Morgan fingerprint density at radius 1 is 1.09 bits per heavy atom. The van der Waals surface area contributed by atoms with Gasteiger partial charge in [-0.05, 0) is 88.3 Å². The number of nitrogens with zero attached hydrogens (tertiary/aromatic N) is 6. The molecule has 2 saturated heterocycles. The minimum atomic E-state index is -0.303. The molecule has 3 fully saturated rings. The van der Waals surface area contributed by atoms with Gasteiger partial charge in [-0.25, -0.2) is 9.97 Å². The normalized spacial score (nSPS) is 21.3. The number of aryl methyl sites for hydroxylation is 1. The third-order valence-electron chi connectivity index (χ3n) is 10.1. The van der Waals surface area contributed by atoms with Crippen molar-refractivity contribution in [3.05, 3.63) is 77.4 Å². The second kappa shape index (κ2) is 10.9. The summed E-state index contributed by atoms with van der Waals surface area (Å²) in [5.74, 6) is 0.953. The number of carbonyl (C=O) groups is 2. The van der Waals surface area contributed by atoms with Crippen molar-refractivity contribution in [1.82, 2.24) is 34.1 Å². The number of carbonyl (C=O) groups excluding carboxylic acids is 2. The van der Waals surface area contributed by atoms with Gasteiger partial charge < -0.3 is 25.3 Å². The Balaban J connectivity index is 1.18. The number of ether oxygens (including phenoxy) is 1. The zero-order valence-electron chi connectivity index (χ0n) is 26.3. The van der Waals surface area contributed by atoms with Crippen LogP contribution >= 0.6 is 0 Å². The summed E-state index contributed by atoms with van der Waals surface area (Å²) in [5, 5.41) is 4.06. The molecule has 11 heteroatoms. The minimum Gasteiger partial charge on any atom is -0.482 e. The molecule has 46 heavy (non-hydrogen) atoms. The Bertz CT molecular complexity index is 2000. The van der Waals surface area contributed by atoms with Crippen LogP contribution in [0.2, 0.25) is 0 Å². The molecule has 5 aromatic rings. The van der Waals surface area contributed by atoms with Gasteiger partial charge in [0.1, 0.15) is 17.0 Å². The molecule has 236 valence electrons. The van der Waals surface area contributed by atoms with Crippen LogP contribution in [0.15, 0.2) is 54.9 Å². The van der Waals surface area contributed by atoms with Crippen LogP contribution in [0, 0.1) is 12.8 Å². The molecule has 0 unspecified atom stereocenters. The summed E-state index contributed by atoms with van der Waals surface area (Å²) in [6.07, 6.45) is 8.40. The van der Waals surface area contributed by atoms with E-state index in [2.05, 4.69) is 27.0 Å². The van der Waals surface area contributed by atoms with Crippen LogP contribution in [0.3, 0.4) is 0 Å². The molecule has 2 aliphatic heterocycles. The Morgan fingerprint density at radius 2 is 1.93 bits per heavy atom. The van der Waals surface area contributed by atoms with Crippen LogP contribution in [0.5, 0.6) is 5.88 Å². The molecule has 7 heterocycles. The lowest BCUT2D eigenvalue weighted by atomic mass is 9.97. The quantitative estimate of drug-likeness (QED) is 0.258. The van der Waals surface area contributed by atoms with Gasteiger partial charge in [0.15, 0.2) is 5.88 Å². The van der Waals surface area contributed by atoms with Gasteiger partial charge in [-0.2, -0.15) is 0 Å². The van der Waals surface area contributed by atoms with Gasteiger partial charge in [0.05, 0.1) is 35.8 Å². The molecular weight excluding hydrogens is 580 g/mol. The Hall–Kier alpha value is -4.77. The molecule has 2 amide bonds. The Morgan fingerprint density at radius 3 is 2.63 bits per heavy atom. The van der Waals surface area contributed by atoms with E-state index in [9.17, 15) is 9.59 Å². The van der Waals surface area contributed by atoms with Crippen LogP contribution in [0.25, 0.3) is 28.1 Å². The van der Waals surface area contributed by atoms with E-state index in [-0.39, 0.29) is 36.0 Å². The average Bonchev–Trinajstić information content (AvgIpc) is 3.38. The second-order valence-corrected chi connectivity index (χ2v) is 13.1. The average molecular weight is 619 g/mol. The fraction of sp³-hybridized carbons (Fsp3) is 0.400. The van der Waals surface area contributed by atoms with Crippen molar-refractivity contribution in [2.45, 2.75) is 76.7 Å². The number of aromatic nitrogens is 5. The Labute approximate surface area is 266 Å². The van der Waals surface area contributed by atoms with E-state index in [1.807, 2.05) is 41.3 Å². The van der Waals surface area contributed by atoms with Crippen LogP contribution in [-0.2, 0) is 6.54 Å². The Kier molecular flexibility index (Phi) is 6.82. The number of fused-ring (bicyclic) bond motifs is 4. The number of nitrogens with one attached hydrogen (secondary N) is 1. The number of hydrogen-bond acceptors (Lipinski definition) is 7. The number of amides is 2. The van der Waals surface area contributed by atoms with Gasteiger partial charge in [0, 0.05) is 54.1 Å². The van der Waals surface area contributed by atoms with E-state index in [1.54, 1.807) is 31.6 Å². The van der Waals surface area contributed by atoms with Crippen LogP contribution in [0.1, 0.15) is 77.2 Å². The molecule has 1 saturated carbocycles. The summed E-state index contributed by atoms with van der Waals surface area (Å²) in [5.41, 5.74) is 12.4. The maximum absolute atomic E-state index is 13.8. The van der Waals surface area contributed by atoms with E-state index in [0.29, 0.717) is 28.6 Å². The van der Waals surface area contributed by atoms with E-state index in [0.717, 1.165) is 59.6 Å². The van der Waals surface area contributed by atoms with E-state index in [4.69, 9.17) is 20.4 Å². The highest BCUT2D eigenvalue weighted by molar-refractivity contribution is 5.97. The monoisotopic (exact) mass is 618 g/mol. The summed E-state index contributed by atoms with van der Waals surface area (Å²) in [4.78, 5) is 42.9. The standard InChI is InChI=1S/C35H38N8O3/c1-19(38-34(44)23-5-4-12-37-17-23)27-10-8-22-13-29(41(33(22)39-27)18-21-6-7-21)32-20(2)42-30(40-32)14-24(15-31(42)46-3)35(45)43-25-9-11-28(43)26(36)16-25/h4-5,8,10,12-15,17,19,21,25-26,28H,6-7,9,11,16,18,36H2,1-3H3,(H,38,44)/t19-,25+,26-,28-/m1/s1. The molecule has 0 aromatic carbocycles. The van der Waals surface area contributed by atoms with Crippen molar-refractivity contribution >= 4 is 28.5 Å². The number of methoxy groups -OCH3 is 1. The zero-order chi connectivity index (χ0) is 31.7. The first kappa shape index (κ1) is 28.7. The minimum absolute atomic E-state index is 0.00670. The number of hydrogen-bond donors (Lipinski definition) is 2. The second-order valence-electron chi connectivity index (χ2n) is 13.1. The highest BCUT2D eigenvalue weighted by Crippen LogP contribution is 2.40. The van der Waals surface area contributed by atoms with Crippen molar-refractivity contribution in [2.75, 3.05) is 7.11 Å². The van der Waals surface area contributed by atoms with Gasteiger partial charge in [-0.15, -0.1) is 0 Å². The van der Waals surface area contributed by atoms with Crippen LogP contribution < -0.4 is 15.8 Å². The molecule has 8 rings (SSSR count). The smallest absolute Gasteiger partial charge is 0.254 e. The topological polar surface area (TPSA) is 133 Å². The van der Waals surface area contributed by atoms with Gasteiger partial charge in [-0.3, -0.25) is 19.0 Å². The summed E-state index contributed by atoms with van der Waals surface area (Å²) in [7, 11) is 1.63. The van der Waals surface area contributed by atoms with Crippen LogP contribution in [-0.4, -0.2) is 65.9 Å². The molecule has 5 aromatic heterocycles. The van der Waals surface area contributed by atoms with E-state index < -0.39 is 0 Å². The first-order valence-corrected chi connectivity index (χ1v) is 16.2. The van der Waals surface area contributed by atoms with Crippen molar-refractivity contribution < 1.29 is 14.3 Å². The zero-order valence-corrected chi connectivity index (χ0v) is 26.3. The van der Waals surface area contributed by atoms with Gasteiger partial charge in [-0.1, -0.05) is 0 Å². The maximum atomic E-state index is 13.8. The lowest BCUT2D eigenvalue weighted by molar-refractivity contribution is 0.0725. The van der Waals surface area contributed by atoms with E-state index in [1.165, 1.54) is 12.8 Å². The van der Waals surface area contributed by atoms with Gasteiger partial charge >= 0.3 is 0 Å². The molecule has 3 aliphatic rings. The summed E-state index contributed by atoms with van der Waals surface area (Å²) in [6, 6.07) is 13.4. The summed E-state index contributed by atoms with van der Waals surface area (Å²) < 4.78 is 10.1. The molecule has 0 radical (unpaired) electrons. The molecular formula is C35H38N8O3. The fourth-order valence-corrected chi connectivity index (χ4v) is 7.47. The maximum Gasteiger partial charge on any atom is 0.254 e.